The summed E-state index contributed by atoms with van der Waals surface area (Å²) in [5.41, 5.74) is 1.16. The van der Waals surface area contributed by atoms with Crippen molar-refractivity contribution in [2.24, 2.45) is 0 Å². The Labute approximate surface area is 203 Å². The van der Waals surface area contributed by atoms with E-state index in [1.54, 1.807) is 36.4 Å². The predicted octanol–water partition coefficient (Wildman–Crippen LogP) is 1.68. The van der Waals surface area contributed by atoms with Gasteiger partial charge < -0.3 is 28.5 Å². The molecule has 0 aliphatic heterocycles. The fraction of sp³-hybridized carbons (Fsp3) is 0.292. The maximum absolute atomic E-state index is 13.2. The van der Waals surface area contributed by atoms with Gasteiger partial charge in [0.05, 0.1) is 68.4 Å². The molecule has 2 unspecified atom stereocenters. The molecule has 4 aromatic rings. The van der Waals surface area contributed by atoms with Crippen molar-refractivity contribution < 1.29 is 28.2 Å². The van der Waals surface area contributed by atoms with Gasteiger partial charge in [0.2, 0.25) is 0 Å². The number of methoxy groups -OCH3 is 2. The number of rotatable bonds is 8. The average molecular weight is 502 g/mol. The molecular weight excluding hydrogens is 478 g/mol. The Balaban J connectivity index is 0.000000201. The Bertz CT molecular complexity index is 1470. The van der Waals surface area contributed by atoms with Gasteiger partial charge in [-0.2, -0.15) is 0 Å². The summed E-state index contributed by atoms with van der Waals surface area (Å²) in [7, 11) is 3.00. The molecule has 2 atom stereocenters. The molecule has 0 aliphatic carbocycles. The Morgan fingerprint density at radius 2 is 1.36 bits per heavy atom. The van der Waals surface area contributed by atoms with Gasteiger partial charge in [-0.15, -0.1) is 0 Å². The Kier molecular flexibility index (Phi) is 8.79. The number of carbonyl (C=O) groups excluding carboxylic acids is 1. The van der Waals surface area contributed by atoms with Crippen LogP contribution in [-0.4, -0.2) is 63.7 Å². The van der Waals surface area contributed by atoms with Gasteiger partial charge in [-0.05, 0) is 24.3 Å². The molecular formula is C24H24F2N4O6. The van der Waals surface area contributed by atoms with Crippen molar-refractivity contribution in [3.8, 4) is 11.5 Å². The highest BCUT2D eigenvalue weighted by Crippen LogP contribution is 2.19. The molecule has 190 valence electrons. The number of hydrogen-bond acceptors (Lipinski definition) is 8. The van der Waals surface area contributed by atoms with Crippen LogP contribution in [0.1, 0.15) is 0 Å². The van der Waals surface area contributed by atoms with Crippen molar-refractivity contribution in [2.45, 2.75) is 25.4 Å². The minimum atomic E-state index is -1.72. The van der Waals surface area contributed by atoms with E-state index in [2.05, 4.69) is 9.97 Å². The molecule has 0 saturated heterocycles. The lowest BCUT2D eigenvalue weighted by Gasteiger charge is -2.12. The van der Waals surface area contributed by atoms with Crippen LogP contribution in [0.2, 0.25) is 0 Å². The third-order valence-corrected chi connectivity index (χ3v) is 5.19. The van der Waals surface area contributed by atoms with E-state index < -0.39 is 30.1 Å². The summed E-state index contributed by atoms with van der Waals surface area (Å²) in [6, 6.07) is 9.96. The van der Waals surface area contributed by atoms with Crippen molar-refractivity contribution in [1.82, 2.24) is 19.1 Å². The molecule has 0 bridgehead atoms. The minimum absolute atomic E-state index is 0.166. The number of alkyl halides is 2. The first-order valence-electron chi connectivity index (χ1n) is 10.7. The van der Waals surface area contributed by atoms with E-state index >= 15 is 0 Å². The zero-order chi connectivity index (χ0) is 26.2. The predicted molar refractivity (Wildman–Crippen MR) is 128 cm³/mol. The van der Waals surface area contributed by atoms with E-state index in [9.17, 15) is 23.2 Å². The third-order valence-electron chi connectivity index (χ3n) is 5.19. The molecule has 2 aromatic heterocycles. The third kappa shape index (κ3) is 6.08. The number of hydrogen-bond donors (Lipinski definition) is 1. The quantitative estimate of drug-likeness (QED) is 0.361. The Hall–Kier alpha value is -4.19. The lowest BCUT2D eigenvalue weighted by atomic mass is 10.2. The molecule has 36 heavy (non-hydrogen) atoms. The summed E-state index contributed by atoms with van der Waals surface area (Å²) in [4.78, 5) is 41.6. The maximum atomic E-state index is 13.2. The van der Waals surface area contributed by atoms with Crippen LogP contribution >= 0.6 is 0 Å². The van der Waals surface area contributed by atoms with E-state index in [0.29, 0.717) is 33.6 Å². The normalized spacial score (nSPS) is 12.5. The molecule has 10 nitrogen and oxygen atoms in total. The molecule has 0 amide bonds. The van der Waals surface area contributed by atoms with Gasteiger partial charge in [-0.3, -0.25) is 9.59 Å². The summed E-state index contributed by atoms with van der Waals surface area (Å²) < 4.78 is 38.9. The number of fused-ring (bicyclic) bond motifs is 2. The number of aldehydes is 1. The number of aliphatic hydroxyl groups is 1. The first kappa shape index (κ1) is 26.4. The van der Waals surface area contributed by atoms with E-state index in [4.69, 9.17) is 14.6 Å². The first-order chi connectivity index (χ1) is 17.3. The Morgan fingerprint density at radius 3 is 1.78 bits per heavy atom. The topological polar surface area (TPSA) is 126 Å². The van der Waals surface area contributed by atoms with Crippen LogP contribution in [0, 0.1) is 0 Å². The summed E-state index contributed by atoms with van der Waals surface area (Å²) in [6.07, 6.45) is -0.802. The zero-order valence-corrected chi connectivity index (χ0v) is 19.5. The summed E-state index contributed by atoms with van der Waals surface area (Å²) >= 11 is 0. The second-order valence-corrected chi connectivity index (χ2v) is 7.56. The molecule has 1 N–H and O–H groups in total. The van der Waals surface area contributed by atoms with E-state index in [1.165, 1.54) is 23.4 Å². The van der Waals surface area contributed by atoms with E-state index in [0.717, 1.165) is 12.4 Å². The largest absolute Gasteiger partial charge is 0.497 e. The number of benzene rings is 2. The number of ether oxygens (including phenoxy) is 2. The molecule has 0 fully saturated rings. The van der Waals surface area contributed by atoms with Crippen LogP contribution in [0.15, 0.2) is 58.4 Å². The lowest BCUT2D eigenvalue weighted by Crippen LogP contribution is -2.26. The van der Waals surface area contributed by atoms with Crippen LogP contribution in [-0.2, 0) is 17.9 Å². The minimum Gasteiger partial charge on any atom is -0.497 e. The molecule has 4 rings (SSSR count). The molecule has 0 saturated carbocycles. The van der Waals surface area contributed by atoms with Crippen LogP contribution in [0.4, 0.5) is 8.78 Å². The van der Waals surface area contributed by atoms with Gasteiger partial charge >= 0.3 is 0 Å². The number of aromatic nitrogens is 4. The lowest BCUT2D eigenvalue weighted by molar-refractivity contribution is -0.112. The first-order valence-corrected chi connectivity index (χ1v) is 10.7. The van der Waals surface area contributed by atoms with Crippen LogP contribution in [0.5, 0.6) is 11.5 Å². The standard InChI is InChI=1S/C12H13FN2O3.C12H11FN2O3/c2*1-18-9-2-3-10-11(4-9)15(6-8(13)7-16)12(17)5-14-10/h2-5,8,16H,6-7H2,1H3;2-5,7-8H,6H2,1H3. The molecule has 0 aliphatic rings. The second kappa shape index (κ2) is 12.0. The number of aliphatic hydroxyl groups excluding tert-OH is 1. The van der Waals surface area contributed by atoms with Crippen molar-refractivity contribution in [1.29, 1.82) is 0 Å². The van der Waals surface area contributed by atoms with Crippen molar-refractivity contribution >= 4 is 28.4 Å². The van der Waals surface area contributed by atoms with Crippen LogP contribution < -0.4 is 20.6 Å². The molecule has 2 aromatic carbocycles. The zero-order valence-electron chi connectivity index (χ0n) is 19.5. The summed E-state index contributed by atoms with van der Waals surface area (Å²) in [5, 5.41) is 8.73. The molecule has 0 spiro atoms. The SMILES string of the molecule is COc1ccc2ncc(=O)n(CC(F)C=O)c2c1.COc1ccc2ncc(=O)n(CC(F)CO)c2c1. The highest BCUT2D eigenvalue weighted by atomic mass is 19.1. The highest BCUT2D eigenvalue weighted by Gasteiger charge is 2.12. The molecule has 2 heterocycles. The maximum Gasteiger partial charge on any atom is 0.269 e. The fourth-order valence-electron chi connectivity index (χ4n) is 3.39. The van der Waals surface area contributed by atoms with Gasteiger partial charge in [0.15, 0.2) is 12.5 Å². The number of nitrogens with zero attached hydrogens (tertiary/aromatic N) is 4. The number of carbonyl (C=O) groups is 1. The fourth-order valence-corrected chi connectivity index (χ4v) is 3.39. The van der Waals surface area contributed by atoms with E-state index in [-0.39, 0.29) is 19.4 Å². The molecule has 0 radical (unpaired) electrons. The summed E-state index contributed by atoms with van der Waals surface area (Å²) in [6.45, 7) is -1.16. The smallest absolute Gasteiger partial charge is 0.269 e. The van der Waals surface area contributed by atoms with Crippen LogP contribution in [0.3, 0.4) is 0 Å². The van der Waals surface area contributed by atoms with Gasteiger partial charge in [0.1, 0.15) is 17.7 Å². The van der Waals surface area contributed by atoms with Gasteiger partial charge in [-0.1, -0.05) is 0 Å². The van der Waals surface area contributed by atoms with E-state index in [1.807, 2.05) is 0 Å². The van der Waals surface area contributed by atoms with Gasteiger partial charge in [0, 0.05) is 12.1 Å². The second-order valence-electron chi connectivity index (χ2n) is 7.56. The average Bonchev–Trinajstić information content (AvgIpc) is 2.91. The van der Waals surface area contributed by atoms with Crippen LogP contribution in [0.25, 0.3) is 22.1 Å². The Morgan fingerprint density at radius 1 is 0.889 bits per heavy atom. The van der Waals surface area contributed by atoms with Gasteiger partial charge in [-0.25, -0.2) is 18.7 Å². The summed E-state index contributed by atoms with van der Waals surface area (Å²) in [5.74, 6) is 1.09. The monoisotopic (exact) mass is 502 g/mol. The van der Waals surface area contributed by atoms with Crippen molar-refractivity contribution in [2.75, 3.05) is 20.8 Å². The van der Waals surface area contributed by atoms with Crippen molar-refractivity contribution in [3.63, 3.8) is 0 Å². The molecule has 12 heteroatoms. The van der Waals surface area contributed by atoms with Crippen molar-refractivity contribution in [3.05, 3.63) is 69.5 Å². The van der Waals surface area contributed by atoms with Gasteiger partial charge in [0.25, 0.3) is 11.1 Å². The number of halogens is 2. The highest BCUT2D eigenvalue weighted by molar-refractivity contribution is 5.77.